The SMILES string of the molecule is CCCN(CC)c1ccc(C(=O)NC(C)c2nncn2C)cc1. The molecule has 0 aliphatic heterocycles. The number of nitrogens with one attached hydrogen (secondary N) is 1. The van der Waals surface area contributed by atoms with Crippen molar-refractivity contribution in [2.45, 2.75) is 33.2 Å². The fourth-order valence-electron chi connectivity index (χ4n) is 2.59. The lowest BCUT2D eigenvalue weighted by Crippen LogP contribution is -2.28. The third-order valence-corrected chi connectivity index (χ3v) is 3.85. The summed E-state index contributed by atoms with van der Waals surface area (Å²) < 4.78 is 1.80. The third-order valence-electron chi connectivity index (χ3n) is 3.85. The van der Waals surface area contributed by atoms with Gasteiger partial charge in [-0.05, 0) is 44.5 Å². The van der Waals surface area contributed by atoms with E-state index < -0.39 is 0 Å². The van der Waals surface area contributed by atoms with Crippen LogP contribution in [0.5, 0.6) is 0 Å². The first-order valence-electron chi connectivity index (χ1n) is 8.06. The van der Waals surface area contributed by atoms with Gasteiger partial charge >= 0.3 is 0 Å². The van der Waals surface area contributed by atoms with Crippen molar-refractivity contribution in [2.24, 2.45) is 7.05 Å². The van der Waals surface area contributed by atoms with E-state index in [2.05, 4.69) is 34.3 Å². The van der Waals surface area contributed by atoms with Crippen LogP contribution in [0.15, 0.2) is 30.6 Å². The molecule has 2 rings (SSSR count). The summed E-state index contributed by atoms with van der Waals surface area (Å²) in [5, 5.41) is 10.8. The number of hydrogen-bond acceptors (Lipinski definition) is 4. The second kappa shape index (κ2) is 7.76. The molecule has 6 heteroatoms. The molecule has 0 saturated heterocycles. The zero-order valence-electron chi connectivity index (χ0n) is 14.3. The van der Waals surface area contributed by atoms with Crippen LogP contribution in [0.1, 0.15) is 49.4 Å². The van der Waals surface area contributed by atoms with Crippen molar-refractivity contribution in [2.75, 3.05) is 18.0 Å². The molecule has 1 aromatic carbocycles. The second-order valence-electron chi connectivity index (χ2n) is 5.62. The van der Waals surface area contributed by atoms with E-state index in [4.69, 9.17) is 0 Å². The van der Waals surface area contributed by atoms with Crippen LogP contribution in [0.25, 0.3) is 0 Å². The van der Waals surface area contributed by atoms with Crippen LogP contribution in [0.2, 0.25) is 0 Å². The molecule has 0 spiro atoms. The Labute approximate surface area is 137 Å². The van der Waals surface area contributed by atoms with E-state index in [1.165, 1.54) is 0 Å². The largest absolute Gasteiger partial charge is 0.372 e. The van der Waals surface area contributed by atoms with E-state index in [0.29, 0.717) is 5.56 Å². The minimum atomic E-state index is -0.193. The van der Waals surface area contributed by atoms with Crippen LogP contribution in [0.3, 0.4) is 0 Å². The third kappa shape index (κ3) is 4.09. The number of aromatic nitrogens is 3. The van der Waals surface area contributed by atoms with E-state index in [1.54, 1.807) is 10.9 Å². The Morgan fingerprint density at radius 3 is 2.52 bits per heavy atom. The zero-order valence-corrected chi connectivity index (χ0v) is 14.3. The molecule has 1 aromatic heterocycles. The Morgan fingerprint density at radius 1 is 1.30 bits per heavy atom. The van der Waals surface area contributed by atoms with Gasteiger partial charge in [-0.1, -0.05) is 6.92 Å². The van der Waals surface area contributed by atoms with Gasteiger partial charge in [0.1, 0.15) is 6.33 Å². The van der Waals surface area contributed by atoms with Gasteiger partial charge in [-0.15, -0.1) is 10.2 Å². The highest BCUT2D eigenvalue weighted by atomic mass is 16.1. The van der Waals surface area contributed by atoms with Crippen molar-refractivity contribution < 1.29 is 4.79 Å². The summed E-state index contributed by atoms with van der Waals surface area (Å²) in [5.74, 6) is 0.626. The monoisotopic (exact) mass is 315 g/mol. The zero-order chi connectivity index (χ0) is 16.8. The maximum Gasteiger partial charge on any atom is 0.251 e. The first kappa shape index (κ1) is 17.0. The lowest BCUT2D eigenvalue weighted by Gasteiger charge is -2.22. The predicted molar refractivity (Wildman–Crippen MR) is 91.5 cm³/mol. The van der Waals surface area contributed by atoms with Crippen LogP contribution in [-0.4, -0.2) is 33.8 Å². The maximum atomic E-state index is 12.4. The van der Waals surface area contributed by atoms with Gasteiger partial charge in [0, 0.05) is 31.4 Å². The van der Waals surface area contributed by atoms with Crippen LogP contribution < -0.4 is 10.2 Å². The number of carbonyl (C=O) groups is 1. The molecule has 0 bridgehead atoms. The number of aryl methyl sites for hydroxylation is 1. The topological polar surface area (TPSA) is 63.1 Å². The molecule has 1 unspecified atom stereocenters. The smallest absolute Gasteiger partial charge is 0.251 e. The minimum Gasteiger partial charge on any atom is -0.372 e. The summed E-state index contributed by atoms with van der Waals surface area (Å²) in [6, 6.07) is 7.54. The van der Waals surface area contributed by atoms with Gasteiger partial charge < -0.3 is 14.8 Å². The number of nitrogens with zero attached hydrogens (tertiary/aromatic N) is 4. The number of anilines is 1. The molecule has 1 amide bonds. The van der Waals surface area contributed by atoms with E-state index in [0.717, 1.165) is 31.0 Å². The van der Waals surface area contributed by atoms with E-state index in [1.807, 2.05) is 38.2 Å². The van der Waals surface area contributed by atoms with Gasteiger partial charge in [0.05, 0.1) is 6.04 Å². The average molecular weight is 315 g/mol. The molecule has 0 aliphatic rings. The van der Waals surface area contributed by atoms with Crippen LogP contribution in [-0.2, 0) is 7.05 Å². The van der Waals surface area contributed by atoms with Gasteiger partial charge in [0.25, 0.3) is 5.91 Å². The van der Waals surface area contributed by atoms with E-state index in [9.17, 15) is 4.79 Å². The van der Waals surface area contributed by atoms with Crippen molar-refractivity contribution in [1.82, 2.24) is 20.1 Å². The first-order valence-corrected chi connectivity index (χ1v) is 8.06. The molecule has 2 aromatic rings. The fraction of sp³-hybridized carbons (Fsp3) is 0.471. The van der Waals surface area contributed by atoms with Crippen LogP contribution >= 0.6 is 0 Å². The Bertz CT molecular complexity index is 635. The van der Waals surface area contributed by atoms with Crippen LogP contribution in [0, 0.1) is 0 Å². The summed E-state index contributed by atoms with van der Waals surface area (Å²) in [4.78, 5) is 14.7. The molecule has 0 fully saturated rings. The van der Waals surface area contributed by atoms with Gasteiger partial charge in [0.2, 0.25) is 0 Å². The first-order chi connectivity index (χ1) is 11.1. The average Bonchev–Trinajstić information content (AvgIpc) is 2.99. The normalized spacial score (nSPS) is 12.0. The number of rotatable bonds is 7. The van der Waals surface area contributed by atoms with E-state index >= 15 is 0 Å². The summed E-state index contributed by atoms with van der Waals surface area (Å²) in [6.45, 7) is 8.18. The molecular formula is C17H25N5O. The highest BCUT2D eigenvalue weighted by Gasteiger charge is 2.15. The Kier molecular flexibility index (Phi) is 5.73. The minimum absolute atomic E-state index is 0.106. The fourth-order valence-corrected chi connectivity index (χ4v) is 2.59. The Hall–Kier alpha value is -2.37. The number of amides is 1. The molecule has 1 heterocycles. The molecule has 124 valence electrons. The number of benzene rings is 1. The highest BCUT2D eigenvalue weighted by Crippen LogP contribution is 2.16. The van der Waals surface area contributed by atoms with Crippen molar-refractivity contribution >= 4 is 11.6 Å². The molecular weight excluding hydrogens is 290 g/mol. The van der Waals surface area contributed by atoms with Crippen LogP contribution in [0.4, 0.5) is 5.69 Å². The van der Waals surface area contributed by atoms with Crippen molar-refractivity contribution in [3.63, 3.8) is 0 Å². The number of carbonyl (C=O) groups excluding carboxylic acids is 1. The molecule has 0 saturated carbocycles. The summed E-state index contributed by atoms with van der Waals surface area (Å²) >= 11 is 0. The lowest BCUT2D eigenvalue weighted by atomic mass is 10.1. The molecule has 1 atom stereocenters. The van der Waals surface area contributed by atoms with Crippen molar-refractivity contribution in [1.29, 1.82) is 0 Å². The predicted octanol–water partition coefficient (Wildman–Crippen LogP) is 2.54. The number of hydrogen-bond donors (Lipinski definition) is 1. The highest BCUT2D eigenvalue weighted by molar-refractivity contribution is 5.94. The van der Waals surface area contributed by atoms with Gasteiger partial charge in [-0.25, -0.2) is 0 Å². The molecule has 0 radical (unpaired) electrons. The molecule has 23 heavy (non-hydrogen) atoms. The van der Waals surface area contributed by atoms with Gasteiger partial charge in [-0.2, -0.15) is 0 Å². The van der Waals surface area contributed by atoms with Gasteiger partial charge in [-0.3, -0.25) is 4.79 Å². The molecule has 0 aliphatic carbocycles. The summed E-state index contributed by atoms with van der Waals surface area (Å²) in [6.07, 6.45) is 2.73. The molecule has 6 nitrogen and oxygen atoms in total. The van der Waals surface area contributed by atoms with Gasteiger partial charge in [0.15, 0.2) is 5.82 Å². The Morgan fingerprint density at radius 2 is 2.00 bits per heavy atom. The second-order valence-corrected chi connectivity index (χ2v) is 5.62. The molecule has 1 N–H and O–H groups in total. The lowest BCUT2D eigenvalue weighted by molar-refractivity contribution is 0.0938. The maximum absolute atomic E-state index is 12.4. The van der Waals surface area contributed by atoms with Crippen molar-refractivity contribution in [3.05, 3.63) is 42.0 Å². The standard InChI is InChI=1S/C17H25N5O/c1-5-11-22(6-2)15-9-7-14(8-10-15)17(23)19-13(3)16-20-18-12-21(16)4/h7-10,12-13H,5-6,11H2,1-4H3,(H,19,23). The van der Waals surface area contributed by atoms with E-state index in [-0.39, 0.29) is 11.9 Å². The summed E-state index contributed by atoms with van der Waals surface area (Å²) in [5.41, 5.74) is 1.79. The Balaban J connectivity index is 2.04. The quantitative estimate of drug-likeness (QED) is 0.853. The van der Waals surface area contributed by atoms with Crippen molar-refractivity contribution in [3.8, 4) is 0 Å². The summed E-state index contributed by atoms with van der Waals surface area (Å²) in [7, 11) is 1.86.